The summed E-state index contributed by atoms with van der Waals surface area (Å²) in [6.45, 7) is 1.60. The average molecular weight is 704 g/mol. The lowest BCUT2D eigenvalue weighted by molar-refractivity contribution is -0.0877. The molecule has 258 valence electrons. The van der Waals surface area contributed by atoms with Crippen molar-refractivity contribution in [3.05, 3.63) is 126 Å². The molecule has 3 aliphatic heterocycles. The van der Waals surface area contributed by atoms with E-state index in [4.69, 9.17) is 28.0 Å². The van der Waals surface area contributed by atoms with Crippen molar-refractivity contribution in [2.24, 2.45) is 0 Å². The molecule has 0 aromatic heterocycles. The topological polar surface area (TPSA) is 92.8 Å². The van der Waals surface area contributed by atoms with Gasteiger partial charge in [0.05, 0.1) is 43.7 Å². The van der Waals surface area contributed by atoms with Crippen molar-refractivity contribution >= 4 is 18.4 Å². The number of hydrogen-bond acceptors (Lipinski definition) is 9. The molecule has 0 spiro atoms. The standard InChI is InChI=1S/C38H42NO8PS/c1-42-31-19-15-29(16-20-31)38(28-10-5-3-6-11-28,30-17-21-32(43-2)22-18-30)46-35-23-25-44-36(35)26-45-48-39-24-9-14-34(39)37(47-48)27-49(40,41)33-12-7-4-8-13-33/h3-8,10-13,15-22,34-37H,9,14,23-27H2,1-2H3/t34-,35?,36+,37+,48+/m0/s1. The molecule has 3 fully saturated rings. The summed E-state index contributed by atoms with van der Waals surface area (Å²) < 4.78 is 66.3. The zero-order chi connectivity index (χ0) is 33.8. The molecule has 4 aromatic rings. The number of benzene rings is 4. The third-order valence-corrected chi connectivity index (χ3v) is 13.1. The molecule has 9 nitrogen and oxygen atoms in total. The molecule has 5 atom stereocenters. The van der Waals surface area contributed by atoms with Crippen LogP contribution in [-0.2, 0) is 34.0 Å². The third kappa shape index (κ3) is 7.01. The van der Waals surface area contributed by atoms with Crippen LogP contribution in [0.25, 0.3) is 0 Å². The van der Waals surface area contributed by atoms with Crippen LogP contribution in [0.5, 0.6) is 11.5 Å². The van der Waals surface area contributed by atoms with Gasteiger partial charge in [0.2, 0.25) is 0 Å². The number of hydrogen-bond donors (Lipinski definition) is 0. The Morgan fingerprint density at radius 2 is 1.37 bits per heavy atom. The van der Waals surface area contributed by atoms with Gasteiger partial charge >= 0.3 is 0 Å². The first-order valence-electron chi connectivity index (χ1n) is 16.7. The van der Waals surface area contributed by atoms with E-state index in [2.05, 4.69) is 16.8 Å². The quantitative estimate of drug-likeness (QED) is 0.111. The fourth-order valence-corrected chi connectivity index (χ4v) is 10.6. The second-order valence-corrected chi connectivity index (χ2v) is 16.0. The monoisotopic (exact) mass is 703 g/mol. The molecule has 3 saturated heterocycles. The third-order valence-electron chi connectivity index (χ3n) is 9.62. The number of nitrogens with zero attached hydrogens (tertiary/aromatic N) is 1. The Labute approximate surface area is 289 Å². The van der Waals surface area contributed by atoms with Crippen molar-refractivity contribution in [2.45, 2.75) is 54.1 Å². The highest BCUT2D eigenvalue weighted by molar-refractivity contribution is 7.91. The Hall–Kier alpha value is -3.34. The minimum absolute atomic E-state index is 0.0111. The van der Waals surface area contributed by atoms with Gasteiger partial charge in [0.25, 0.3) is 8.53 Å². The molecule has 0 radical (unpaired) electrons. The summed E-state index contributed by atoms with van der Waals surface area (Å²) in [5.41, 5.74) is 1.88. The molecule has 3 heterocycles. The number of sulfone groups is 1. The van der Waals surface area contributed by atoms with E-state index in [9.17, 15) is 8.42 Å². The van der Waals surface area contributed by atoms with Gasteiger partial charge in [-0.1, -0.05) is 72.8 Å². The molecule has 0 amide bonds. The lowest BCUT2D eigenvalue weighted by Gasteiger charge is -2.39. The number of rotatable bonds is 13. The molecule has 49 heavy (non-hydrogen) atoms. The lowest BCUT2D eigenvalue weighted by atomic mass is 9.79. The van der Waals surface area contributed by atoms with Crippen LogP contribution < -0.4 is 9.47 Å². The van der Waals surface area contributed by atoms with Crippen molar-refractivity contribution in [3.8, 4) is 11.5 Å². The molecule has 0 bridgehead atoms. The summed E-state index contributed by atoms with van der Waals surface area (Å²) >= 11 is 0. The Kier molecular flexibility index (Phi) is 10.4. The van der Waals surface area contributed by atoms with E-state index >= 15 is 0 Å². The summed E-state index contributed by atoms with van der Waals surface area (Å²) in [5.74, 6) is 1.43. The highest BCUT2D eigenvalue weighted by Crippen LogP contribution is 2.56. The summed E-state index contributed by atoms with van der Waals surface area (Å²) in [5, 5.41) is 0. The van der Waals surface area contributed by atoms with Gasteiger partial charge < -0.3 is 28.0 Å². The van der Waals surface area contributed by atoms with Crippen LogP contribution in [0.3, 0.4) is 0 Å². The van der Waals surface area contributed by atoms with Crippen molar-refractivity contribution in [1.82, 2.24) is 4.67 Å². The molecular weight excluding hydrogens is 661 g/mol. The van der Waals surface area contributed by atoms with Gasteiger partial charge in [-0.05, 0) is 72.4 Å². The highest BCUT2D eigenvalue weighted by atomic mass is 32.2. The number of methoxy groups -OCH3 is 2. The van der Waals surface area contributed by atoms with Gasteiger partial charge in [-0.2, -0.15) is 0 Å². The predicted molar refractivity (Wildman–Crippen MR) is 188 cm³/mol. The molecule has 7 rings (SSSR count). The maximum atomic E-state index is 13.3. The number of ether oxygens (including phenoxy) is 4. The molecule has 0 N–H and O–H groups in total. The van der Waals surface area contributed by atoms with Gasteiger partial charge in [0.1, 0.15) is 23.2 Å². The molecule has 0 saturated carbocycles. The molecule has 11 heteroatoms. The predicted octanol–water partition coefficient (Wildman–Crippen LogP) is 6.75. The molecule has 4 aromatic carbocycles. The summed E-state index contributed by atoms with van der Waals surface area (Å²) in [7, 11) is -1.65. The zero-order valence-corrected chi connectivity index (χ0v) is 29.4. The van der Waals surface area contributed by atoms with Crippen LogP contribution in [0.2, 0.25) is 0 Å². The molecular formula is C38H42NO8PS. The summed E-state index contributed by atoms with van der Waals surface area (Å²) in [6.07, 6.45) is 1.41. The first-order valence-corrected chi connectivity index (χ1v) is 19.5. The maximum absolute atomic E-state index is 13.3. The Bertz CT molecular complexity index is 1730. The SMILES string of the molecule is COc1ccc(C(OC2CCO[C@@H]2CO[P@]2O[C@H](CS(=O)(=O)c3ccccc3)[C@@H]3CCCN32)(c2ccccc2)c2ccc(OC)cc2)cc1. The normalized spacial score (nSPS) is 24.2. The summed E-state index contributed by atoms with van der Waals surface area (Å²) in [6, 6.07) is 34.8. The molecule has 1 unspecified atom stereocenters. The van der Waals surface area contributed by atoms with E-state index in [1.807, 2.05) is 72.8 Å². The van der Waals surface area contributed by atoms with E-state index in [0.29, 0.717) is 17.9 Å². The molecule has 3 aliphatic rings. The minimum atomic E-state index is -3.51. The smallest absolute Gasteiger partial charge is 0.259 e. The van der Waals surface area contributed by atoms with Crippen LogP contribution in [0.4, 0.5) is 0 Å². The minimum Gasteiger partial charge on any atom is -0.497 e. The van der Waals surface area contributed by atoms with Crippen molar-refractivity contribution in [3.63, 3.8) is 0 Å². The van der Waals surface area contributed by atoms with Gasteiger partial charge in [0.15, 0.2) is 9.84 Å². The zero-order valence-electron chi connectivity index (χ0n) is 27.7. The first-order chi connectivity index (χ1) is 23.9. The van der Waals surface area contributed by atoms with Crippen LogP contribution in [0, 0.1) is 0 Å². The van der Waals surface area contributed by atoms with E-state index in [1.165, 1.54) is 0 Å². The first kappa shape index (κ1) is 34.1. The van der Waals surface area contributed by atoms with Crippen molar-refractivity contribution in [2.75, 3.05) is 39.7 Å². The van der Waals surface area contributed by atoms with Crippen LogP contribution in [-0.4, -0.2) is 77.2 Å². The fraction of sp³-hybridized carbons (Fsp3) is 0.368. The molecule has 0 aliphatic carbocycles. The summed E-state index contributed by atoms with van der Waals surface area (Å²) in [4.78, 5) is 0.315. The van der Waals surface area contributed by atoms with Crippen LogP contribution in [0.15, 0.2) is 114 Å². The van der Waals surface area contributed by atoms with E-state index in [-0.39, 0.29) is 30.6 Å². The Morgan fingerprint density at radius 1 is 0.776 bits per heavy atom. The lowest BCUT2D eigenvalue weighted by Crippen LogP contribution is -2.41. The van der Waals surface area contributed by atoms with Crippen LogP contribution >= 0.6 is 8.53 Å². The van der Waals surface area contributed by atoms with Gasteiger partial charge in [-0.25, -0.2) is 13.1 Å². The Morgan fingerprint density at radius 3 is 1.98 bits per heavy atom. The largest absolute Gasteiger partial charge is 0.497 e. The Balaban J connectivity index is 1.14. The fourth-order valence-electron chi connectivity index (χ4n) is 7.10. The van der Waals surface area contributed by atoms with Gasteiger partial charge in [-0.15, -0.1) is 0 Å². The van der Waals surface area contributed by atoms with Crippen molar-refractivity contribution < 1.29 is 36.4 Å². The number of fused-ring (bicyclic) bond motifs is 1. The second kappa shape index (κ2) is 14.9. The average Bonchev–Trinajstić information content (AvgIpc) is 3.89. The van der Waals surface area contributed by atoms with Crippen molar-refractivity contribution in [1.29, 1.82) is 0 Å². The van der Waals surface area contributed by atoms with Crippen LogP contribution in [0.1, 0.15) is 36.0 Å². The van der Waals surface area contributed by atoms with E-state index in [1.54, 1.807) is 38.5 Å². The maximum Gasteiger partial charge on any atom is 0.259 e. The van der Waals surface area contributed by atoms with Gasteiger partial charge in [0, 0.05) is 19.2 Å². The second-order valence-electron chi connectivity index (χ2n) is 12.5. The van der Waals surface area contributed by atoms with E-state index < -0.39 is 30.1 Å². The highest BCUT2D eigenvalue weighted by Gasteiger charge is 2.49. The van der Waals surface area contributed by atoms with Gasteiger partial charge in [-0.3, -0.25) is 0 Å². The van der Waals surface area contributed by atoms with E-state index in [0.717, 1.165) is 47.6 Å².